The first-order chi connectivity index (χ1) is 13.0. The number of esters is 2. The number of rotatable bonds is 2. The molecule has 1 aliphatic carbocycles. The average Bonchev–Trinajstić information content (AvgIpc) is 2.82. The summed E-state index contributed by atoms with van der Waals surface area (Å²) in [7, 11) is 0. The van der Waals surface area contributed by atoms with Gasteiger partial charge in [-0.05, 0) is 27.2 Å². The maximum Gasteiger partial charge on any atom is 0.336 e. The lowest BCUT2D eigenvalue weighted by Crippen LogP contribution is -2.58. The Bertz CT molecular complexity index is 916. The summed E-state index contributed by atoms with van der Waals surface area (Å²) in [6, 6.07) is 1.41. The van der Waals surface area contributed by atoms with Crippen molar-refractivity contribution in [2.45, 2.75) is 77.8 Å². The molecule has 3 aliphatic rings. The van der Waals surface area contributed by atoms with Crippen LogP contribution in [0.5, 0.6) is 0 Å². The van der Waals surface area contributed by atoms with Crippen LogP contribution in [0.15, 0.2) is 15.3 Å². The third-order valence-electron chi connectivity index (χ3n) is 6.44. The SMILES string of the molecule is CC(=O)O[C@@H]1c2c(cc(=O)oc2C(C)C)C2(C)O[C@@H](C)C[C@]3(C)C(=O)O[C@H]1C23. The van der Waals surface area contributed by atoms with E-state index in [0.29, 0.717) is 23.3 Å². The molecule has 2 saturated heterocycles. The molecule has 0 saturated carbocycles. The van der Waals surface area contributed by atoms with Gasteiger partial charge in [-0.2, -0.15) is 0 Å². The van der Waals surface area contributed by atoms with Crippen molar-refractivity contribution in [2.75, 3.05) is 0 Å². The summed E-state index contributed by atoms with van der Waals surface area (Å²) in [6.07, 6.45) is -1.24. The molecule has 0 bridgehead atoms. The molecule has 2 fully saturated rings. The van der Waals surface area contributed by atoms with Gasteiger partial charge >= 0.3 is 17.6 Å². The summed E-state index contributed by atoms with van der Waals surface area (Å²) >= 11 is 0. The van der Waals surface area contributed by atoms with E-state index in [1.54, 1.807) is 0 Å². The molecule has 152 valence electrons. The van der Waals surface area contributed by atoms with Gasteiger partial charge < -0.3 is 18.6 Å². The second-order valence-corrected chi connectivity index (χ2v) is 8.95. The smallest absolute Gasteiger partial charge is 0.336 e. The van der Waals surface area contributed by atoms with Crippen LogP contribution in [0.4, 0.5) is 0 Å². The van der Waals surface area contributed by atoms with Crippen molar-refractivity contribution in [3.05, 3.63) is 33.4 Å². The van der Waals surface area contributed by atoms with Crippen LogP contribution >= 0.6 is 0 Å². The minimum atomic E-state index is -0.936. The number of hydrogen-bond acceptors (Lipinski definition) is 7. The second-order valence-electron chi connectivity index (χ2n) is 8.95. The maximum absolute atomic E-state index is 12.9. The number of carbonyl (C=O) groups excluding carboxylic acids is 2. The molecule has 7 heteroatoms. The molecule has 4 rings (SSSR count). The van der Waals surface area contributed by atoms with Crippen LogP contribution in [-0.4, -0.2) is 24.1 Å². The van der Waals surface area contributed by atoms with Crippen LogP contribution in [0.2, 0.25) is 0 Å². The van der Waals surface area contributed by atoms with E-state index in [1.807, 2.05) is 34.6 Å². The number of fused-ring (bicyclic) bond motifs is 2. The van der Waals surface area contributed by atoms with E-state index in [1.165, 1.54) is 13.0 Å². The summed E-state index contributed by atoms with van der Waals surface area (Å²) in [6.45, 7) is 10.8. The van der Waals surface area contributed by atoms with Gasteiger partial charge in [0, 0.05) is 36.0 Å². The molecule has 2 aliphatic heterocycles. The Morgan fingerprint density at radius 3 is 2.57 bits per heavy atom. The predicted octanol–water partition coefficient (Wildman–Crippen LogP) is 2.95. The third-order valence-corrected chi connectivity index (χ3v) is 6.44. The Hall–Kier alpha value is -2.15. The van der Waals surface area contributed by atoms with Gasteiger partial charge in [0.15, 0.2) is 6.10 Å². The number of carbonyl (C=O) groups is 2. The van der Waals surface area contributed by atoms with Gasteiger partial charge in [-0.25, -0.2) is 4.79 Å². The molecule has 0 N–H and O–H groups in total. The molecule has 2 unspecified atom stereocenters. The predicted molar refractivity (Wildman–Crippen MR) is 97.6 cm³/mol. The fraction of sp³-hybridized carbons (Fsp3) is 0.667. The van der Waals surface area contributed by atoms with E-state index in [2.05, 4.69) is 0 Å². The quantitative estimate of drug-likeness (QED) is 0.717. The topological polar surface area (TPSA) is 92.0 Å². The monoisotopic (exact) mass is 390 g/mol. The Balaban J connectivity index is 2.06. The first-order valence-corrected chi connectivity index (χ1v) is 9.73. The van der Waals surface area contributed by atoms with Crippen LogP contribution in [0.25, 0.3) is 0 Å². The van der Waals surface area contributed by atoms with Crippen LogP contribution < -0.4 is 5.63 Å². The Morgan fingerprint density at radius 2 is 1.96 bits per heavy atom. The van der Waals surface area contributed by atoms with Crippen molar-refractivity contribution in [1.29, 1.82) is 0 Å². The molecular weight excluding hydrogens is 364 g/mol. The Morgan fingerprint density at radius 1 is 1.29 bits per heavy atom. The molecule has 3 heterocycles. The molecule has 28 heavy (non-hydrogen) atoms. The van der Waals surface area contributed by atoms with Gasteiger partial charge in [-0.3, -0.25) is 9.59 Å². The molecule has 0 amide bonds. The van der Waals surface area contributed by atoms with Gasteiger partial charge in [0.1, 0.15) is 11.9 Å². The number of hydrogen-bond donors (Lipinski definition) is 0. The lowest BCUT2D eigenvalue weighted by molar-refractivity contribution is -0.217. The van der Waals surface area contributed by atoms with Crippen molar-refractivity contribution in [2.24, 2.45) is 11.3 Å². The van der Waals surface area contributed by atoms with Gasteiger partial charge in [-0.1, -0.05) is 13.8 Å². The Kier molecular flexibility index (Phi) is 4.06. The van der Waals surface area contributed by atoms with Crippen molar-refractivity contribution < 1.29 is 28.2 Å². The highest BCUT2D eigenvalue weighted by Gasteiger charge is 2.70. The summed E-state index contributed by atoms with van der Waals surface area (Å²) < 4.78 is 23.4. The van der Waals surface area contributed by atoms with E-state index >= 15 is 0 Å². The number of ether oxygens (including phenoxy) is 3. The third kappa shape index (κ3) is 2.41. The zero-order valence-electron chi connectivity index (χ0n) is 17.0. The standard InChI is InChI=1S/C21H26O7/c1-9(2)15-14-12(7-13(23)26-15)21(6)18-17(16(14)25-11(4)22)27-19(24)20(18,5)8-10(3)28-21/h7,9-10,16-18H,8H2,1-6H3/t10-,16+,17+,18?,20-,21?/m0/s1. The molecule has 0 aromatic carbocycles. The van der Waals surface area contributed by atoms with Gasteiger partial charge in [-0.15, -0.1) is 0 Å². The summed E-state index contributed by atoms with van der Waals surface area (Å²) in [5.41, 5.74) is -1.01. The lowest BCUT2D eigenvalue weighted by Gasteiger charge is -2.54. The first-order valence-electron chi connectivity index (χ1n) is 9.73. The maximum atomic E-state index is 12.9. The largest absolute Gasteiger partial charge is 0.457 e. The van der Waals surface area contributed by atoms with E-state index in [0.717, 1.165) is 0 Å². The van der Waals surface area contributed by atoms with E-state index in [9.17, 15) is 14.4 Å². The van der Waals surface area contributed by atoms with Crippen LogP contribution in [0.3, 0.4) is 0 Å². The molecule has 7 nitrogen and oxygen atoms in total. The Labute approximate surface area is 163 Å². The van der Waals surface area contributed by atoms with Crippen LogP contribution in [0.1, 0.15) is 76.9 Å². The minimum Gasteiger partial charge on any atom is -0.457 e. The molecular formula is C21H26O7. The van der Waals surface area contributed by atoms with Crippen molar-refractivity contribution in [1.82, 2.24) is 0 Å². The minimum absolute atomic E-state index is 0.134. The second kappa shape index (κ2) is 5.92. The van der Waals surface area contributed by atoms with Gasteiger partial charge in [0.25, 0.3) is 0 Å². The molecule has 1 aromatic rings. The van der Waals surface area contributed by atoms with Crippen molar-refractivity contribution in [3.8, 4) is 0 Å². The van der Waals surface area contributed by atoms with E-state index < -0.39 is 34.8 Å². The van der Waals surface area contributed by atoms with Crippen LogP contribution in [-0.2, 0) is 29.4 Å². The molecule has 6 atom stereocenters. The highest BCUT2D eigenvalue weighted by molar-refractivity contribution is 5.81. The fourth-order valence-electron chi connectivity index (χ4n) is 5.67. The molecule has 0 radical (unpaired) electrons. The average molecular weight is 390 g/mol. The zero-order chi connectivity index (χ0) is 20.6. The van der Waals surface area contributed by atoms with Crippen molar-refractivity contribution in [3.63, 3.8) is 0 Å². The van der Waals surface area contributed by atoms with Crippen LogP contribution in [0, 0.1) is 11.3 Å². The van der Waals surface area contributed by atoms with Crippen molar-refractivity contribution >= 4 is 11.9 Å². The highest BCUT2D eigenvalue weighted by atomic mass is 16.6. The van der Waals surface area contributed by atoms with E-state index in [-0.39, 0.29) is 23.9 Å². The zero-order valence-corrected chi connectivity index (χ0v) is 17.0. The summed E-state index contributed by atoms with van der Waals surface area (Å²) in [5.74, 6) is -0.901. The molecule has 0 spiro atoms. The van der Waals surface area contributed by atoms with Gasteiger partial charge in [0.05, 0.1) is 17.1 Å². The van der Waals surface area contributed by atoms with Gasteiger partial charge in [0.2, 0.25) is 0 Å². The van der Waals surface area contributed by atoms with E-state index in [4.69, 9.17) is 18.6 Å². The highest BCUT2D eigenvalue weighted by Crippen LogP contribution is 2.63. The summed E-state index contributed by atoms with van der Waals surface area (Å²) in [5, 5.41) is 0. The first kappa shape index (κ1) is 19.2. The fourth-order valence-corrected chi connectivity index (χ4v) is 5.67. The normalized spacial score (nSPS) is 38.6. The summed E-state index contributed by atoms with van der Waals surface area (Å²) in [4.78, 5) is 37.2. The lowest BCUT2D eigenvalue weighted by atomic mass is 9.57. The molecule has 1 aromatic heterocycles.